The van der Waals surface area contributed by atoms with Crippen LogP contribution in [0.4, 0.5) is 10.3 Å². The van der Waals surface area contributed by atoms with Crippen LogP contribution in [0.25, 0.3) is 10.2 Å². The van der Waals surface area contributed by atoms with Gasteiger partial charge in [-0.1, -0.05) is 42.0 Å². The summed E-state index contributed by atoms with van der Waals surface area (Å²) in [7, 11) is 0. The summed E-state index contributed by atoms with van der Waals surface area (Å²) in [5.74, 6) is 0.0578. The summed E-state index contributed by atoms with van der Waals surface area (Å²) in [6.07, 6.45) is 1.60. The molecule has 1 atom stereocenters. The smallest absolute Gasteiger partial charge is 0.273 e. The number of aromatic nitrogens is 2. The molecule has 0 saturated carbocycles. The first-order valence-corrected chi connectivity index (χ1v) is 12.7. The van der Waals surface area contributed by atoms with Crippen molar-refractivity contribution in [3.8, 4) is 0 Å². The van der Waals surface area contributed by atoms with Crippen LogP contribution in [0.2, 0.25) is 0 Å². The van der Waals surface area contributed by atoms with Crippen LogP contribution in [-0.2, 0) is 17.9 Å². The van der Waals surface area contributed by atoms with Crippen LogP contribution in [-0.4, -0.2) is 28.5 Å². The van der Waals surface area contributed by atoms with E-state index < -0.39 is 0 Å². The molecule has 0 unspecified atom stereocenters. The Labute approximate surface area is 207 Å². The molecule has 1 aliphatic rings. The zero-order chi connectivity index (χ0) is 24.4. The second kappa shape index (κ2) is 10.00. The van der Waals surface area contributed by atoms with Gasteiger partial charge in [-0.2, -0.15) is 0 Å². The molecule has 4 aromatic rings. The van der Waals surface area contributed by atoms with Gasteiger partial charge in [0, 0.05) is 19.6 Å². The van der Waals surface area contributed by atoms with Gasteiger partial charge in [-0.25, -0.2) is 9.37 Å². The summed E-state index contributed by atoms with van der Waals surface area (Å²) < 4.78 is 15.5. The van der Waals surface area contributed by atoms with Crippen molar-refractivity contribution in [3.63, 3.8) is 0 Å². The molecule has 2 aromatic heterocycles. The lowest BCUT2D eigenvalue weighted by atomic mass is 9.97. The lowest BCUT2D eigenvalue weighted by molar-refractivity contribution is -0.125. The maximum atomic E-state index is 13.4. The lowest BCUT2D eigenvalue weighted by Gasteiger charge is -2.34. The first-order chi connectivity index (χ1) is 17.0. The van der Waals surface area contributed by atoms with Crippen LogP contribution < -0.4 is 15.8 Å². The predicted molar refractivity (Wildman–Crippen MR) is 137 cm³/mol. The van der Waals surface area contributed by atoms with Crippen molar-refractivity contribution in [1.29, 1.82) is 0 Å². The van der Waals surface area contributed by atoms with Crippen LogP contribution in [0.15, 0.2) is 64.8 Å². The maximum absolute atomic E-state index is 13.4. The van der Waals surface area contributed by atoms with E-state index in [1.807, 2.05) is 42.6 Å². The summed E-state index contributed by atoms with van der Waals surface area (Å²) in [5, 5.41) is 4.87. The molecule has 2 aromatic carbocycles. The number of piperidine rings is 1. The number of hydrogen-bond donors (Lipinski definition) is 1. The fourth-order valence-corrected chi connectivity index (χ4v) is 5.28. The van der Waals surface area contributed by atoms with Crippen LogP contribution in [0.3, 0.4) is 0 Å². The number of aryl methyl sites for hydroxylation is 1. The standard InChI is InChI=1S/C27H27FN4O2S/c1-18-4-6-20(7-5-18)16-32-26(34)24-23(12-14-35-24)30-27(32)31-13-2-3-21(17-31)25(33)29-15-19-8-10-22(28)11-9-19/h4-12,14,21H,2-3,13,15-17H2,1H3,(H,29,33)/t21-/m0/s1. The van der Waals surface area contributed by atoms with Crippen LogP contribution >= 0.6 is 11.3 Å². The Morgan fingerprint density at radius 1 is 1.11 bits per heavy atom. The monoisotopic (exact) mass is 490 g/mol. The fraction of sp³-hybridized carbons (Fsp3) is 0.296. The van der Waals surface area contributed by atoms with Crippen molar-refractivity contribution in [1.82, 2.24) is 14.9 Å². The van der Waals surface area contributed by atoms with Gasteiger partial charge in [0.05, 0.1) is 18.0 Å². The average Bonchev–Trinajstić information content (AvgIpc) is 3.35. The first-order valence-electron chi connectivity index (χ1n) is 11.8. The van der Waals surface area contributed by atoms with E-state index >= 15 is 0 Å². The molecule has 1 amide bonds. The predicted octanol–water partition coefficient (Wildman–Crippen LogP) is 4.49. The average molecular weight is 491 g/mol. The molecule has 1 fully saturated rings. The van der Waals surface area contributed by atoms with Gasteiger partial charge in [-0.3, -0.25) is 14.2 Å². The second-order valence-electron chi connectivity index (χ2n) is 9.05. The molecule has 0 radical (unpaired) electrons. The fourth-order valence-electron chi connectivity index (χ4n) is 4.50. The molecule has 35 heavy (non-hydrogen) atoms. The van der Waals surface area contributed by atoms with E-state index in [1.54, 1.807) is 16.7 Å². The van der Waals surface area contributed by atoms with Gasteiger partial charge in [0.2, 0.25) is 11.9 Å². The molecule has 1 N–H and O–H groups in total. The van der Waals surface area contributed by atoms with E-state index in [2.05, 4.69) is 10.2 Å². The zero-order valence-corrected chi connectivity index (χ0v) is 20.4. The SMILES string of the molecule is Cc1ccc(Cn2c(N3CCC[C@H](C(=O)NCc4ccc(F)cc4)C3)nc3ccsc3c2=O)cc1. The minimum atomic E-state index is -0.297. The van der Waals surface area contributed by atoms with Gasteiger partial charge >= 0.3 is 0 Å². The normalized spacial score (nSPS) is 15.9. The van der Waals surface area contributed by atoms with Gasteiger partial charge in [0.1, 0.15) is 10.5 Å². The van der Waals surface area contributed by atoms with Gasteiger partial charge in [0.25, 0.3) is 5.56 Å². The second-order valence-corrected chi connectivity index (χ2v) is 9.97. The van der Waals surface area contributed by atoms with Gasteiger partial charge in [-0.15, -0.1) is 11.3 Å². The highest BCUT2D eigenvalue weighted by atomic mass is 32.1. The molecule has 1 aliphatic heterocycles. The number of rotatable bonds is 6. The van der Waals surface area contributed by atoms with Crippen molar-refractivity contribution >= 4 is 33.4 Å². The van der Waals surface area contributed by atoms with Crippen LogP contribution in [0.5, 0.6) is 0 Å². The van der Waals surface area contributed by atoms with Crippen molar-refractivity contribution in [2.45, 2.75) is 32.9 Å². The zero-order valence-electron chi connectivity index (χ0n) is 19.5. The quantitative estimate of drug-likeness (QED) is 0.433. The minimum absolute atomic E-state index is 0.0388. The number of thiophene rings is 1. The number of benzene rings is 2. The van der Waals surface area contributed by atoms with E-state index in [-0.39, 0.29) is 23.2 Å². The maximum Gasteiger partial charge on any atom is 0.273 e. The number of anilines is 1. The highest BCUT2D eigenvalue weighted by Gasteiger charge is 2.28. The third-order valence-electron chi connectivity index (χ3n) is 6.46. The molecule has 1 saturated heterocycles. The minimum Gasteiger partial charge on any atom is -0.352 e. The van der Waals surface area contributed by atoms with Gasteiger partial charge in [-0.05, 0) is 54.5 Å². The highest BCUT2D eigenvalue weighted by molar-refractivity contribution is 7.17. The number of hydrogen-bond acceptors (Lipinski definition) is 5. The number of nitrogens with one attached hydrogen (secondary N) is 1. The molecular weight excluding hydrogens is 463 g/mol. The molecule has 6 nitrogen and oxygen atoms in total. The van der Waals surface area contributed by atoms with Crippen molar-refractivity contribution < 1.29 is 9.18 Å². The molecule has 0 spiro atoms. The summed E-state index contributed by atoms with van der Waals surface area (Å²) in [5.41, 5.74) is 3.69. The highest BCUT2D eigenvalue weighted by Crippen LogP contribution is 2.25. The number of carbonyl (C=O) groups is 1. The molecule has 3 heterocycles. The number of carbonyl (C=O) groups excluding carboxylic acids is 1. The largest absolute Gasteiger partial charge is 0.352 e. The Morgan fingerprint density at radius 2 is 1.86 bits per heavy atom. The summed E-state index contributed by atoms with van der Waals surface area (Å²) in [6, 6.07) is 16.2. The third-order valence-corrected chi connectivity index (χ3v) is 7.35. The topological polar surface area (TPSA) is 67.2 Å². The van der Waals surface area contributed by atoms with E-state index in [4.69, 9.17) is 4.98 Å². The van der Waals surface area contributed by atoms with E-state index in [9.17, 15) is 14.0 Å². The van der Waals surface area contributed by atoms with Crippen LogP contribution in [0, 0.1) is 18.7 Å². The third kappa shape index (κ3) is 5.12. The van der Waals surface area contributed by atoms with Gasteiger partial charge < -0.3 is 10.2 Å². The number of fused-ring (bicyclic) bond motifs is 1. The Balaban J connectivity index is 1.38. The molecular formula is C27H27FN4O2S. The lowest BCUT2D eigenvalue weighted by Crippen LogP contribution is -2.45. The molecule has 0 bridgehead atoms. The molecule has 0 aliphatic carbocycles. The summed E-state index contributed by atoms with van der Waals surface area (Å²) in [4.78, 5) is 33.3. The number of amides is 1. The summed E-state index contributed by atoms with van der Waals surface area (Å²) >= 11 is 1.41. The molecule has 8 heteroatoms. The Hall–Kier alpha value is -3.52. The van der Waals surface area contributed by atoms with Crippen LogP contribution in [0.1, 0.15) is 29.5 Å². The number of nitrogens with zero attached hydrogens (tertiary/aromatic N) is 3. The molecule has 5 rings (SSSR count). The van der Waals surface area contributed by atoms with Crippen molar-refractivity contribution in [2.24, 2.45) is 5.92 Å². The van der Waals surface area contributed by atoms with Crippen molar-refractivity contribution in [2.75, 3.05) is 18.0 Å². The number of halogens is 1. The Bertz CT molecular complexity index is 1400. The summed E-state index contributed by atoms with van der Waals surface area (Å²) in [6.45, 7) is 4.04. The van der Waals surface area contributed by atoms with Crippen molar-refractivity contribution in [3.05, 3.63) is 92.8 Å². The Kier molecular flexibility index (Phi) is 6.63. The van der Waals surface area contributed by atoms with E-state index in [0.29, 0.717) is 35.8 Å². The van der Waals surface area contributed by atoms with Gasteiger partial charge in [0.15, 0.2) is 0 Å². The molecule has 180 valence electrons. The first kappa shape index (κ1) is 23.2. The van der Waals surface area contributed by atoms with E-state index in [0.717, 1.165) is 30.5 Å². The van der Waals surface area contributed by atoms with E-state index in [1.165, 1.54) is 29.0 Å². The Morgan fingerprint density at radius 3 is 2.63 bits per heavy atom.